The van der Waals surface area contributed by atoms with Crippen molar-refractivity contribution in [2.24, 2.45) is 0 Å². The van der Waals surface area contributed by atoms with Gasteiger partial charge in [-0.05, 0) is 117 Å². The van der Waals surface area contributed by atoms with Gasteiger partial charge in [-0.1, -0.05) is 151 Å². The minimum Gasteiger partial charge on any atom is -0.456 e. The van der Waals surface area contributed by atoms with Crippen LogP contribution < -0.4 is 0 Å². The van der Waals surface area contributed by atoms with Gasteiger partial charge in [0.1, 0.15) is 11.2 Å². The molecule has 0 atom stereocenters. The smallest absolute Gasteiger partial charge is 0.136 e. The van der Waals surface area contributed by atoms with Gasteiger partial charge in [-0.25, -0.2) is 0 Å². The van der Waals surface area contributed by atoms with Gasteiger partial charge in [0.25, 0.3) is 0 Å². The predicted molar refractivity (Wildman–Crippen MR) is 218 cm³/mol. The molecule has 0 spiro atoms. The molecule has 10 aromatic carbocycles. The highest BCUT2D eigenvalue weighted by Crippen LogP contribution is 2.45. The molecule has 0 saturated heterocycles. The van der Waals surface area contributed by atoms with E-state index in [-0.39, 0.29) is 0 Å². The van der Waals surface area contributed by atoms with E-state index in [9.17, 15) is 17.8 Å². The summed E-state index contributed by atoms with van der Waals surface area (Å²) in [6.45, 7) is 0. The number of rotatable bonds is 3. The average molecular weight is 677 g/mol. The minimum absolute atomic E-state index is 0.405. The summed E-state index contributed by atoms with van der Waals surface area (Å²) < 4.78 is 278. The number of fused-ring (bicyclic) bond motifs is 9. The molecule has 0 N–H and O–H groups in total. The Balaban J connectivity index is 1.36. The van der Waals surface area contributed by atoms with Crippen LogP contribution >= 0.6 is 0 Å². The summed E-state index contributed by atoms with van der Waals surface area (Å²) in [5.41, 5.74) is -5.77. The topological polar surface area (TPSA) is 13.1 Å². The first kappa shape index (κ1) is 11.7. The molecule has 0 unspecified atom stereocenters. The number of benzene rings is 10. The van der Waals surface area contributed by atoms with E-state index in [1.54, 1.807) is 0 Å². The van der Waals surface area contributed by atoms with Crippen molar-refractivity contribution in [2.45, 2.75) is 0 Å². The van der Waals surface area contributed by atoms with Crippen LogP contribution in [0.25, 0.3) is 109 Å². The third-order valence-electron chi connectivity index (χ3n) is 8.51. The van der Waals surface area contributed by atoms with Crippen molar-refractivity contribution >= 4 is 75.8 Å². The zero-order valence-electron chi connectivity index (χ0n) is 55.4. The lowest BCUT2D eigenvalue weighted by Crippen LogP contribution is -1.91. The van der Waals surface area contributed by atoms with Crippen molar-refractivity contribution in [3.8, 4) is 33.4 Å². The molecule has 0 radical (unpaired) electrons. The van der Waals surface area contributed by atoms with Crippen molar-refractivity contribution in [1.29, 1.82) is 0 Å². The monoisotopic (exact) mass is 676 g/mol. The van der Waals surface area contributed by atoms with Gasteiger partial charge in [0.2, 0.25) is 0 Å². The van der Waals surface area contributed by atoms with Gasteiger partial charge in [-0.15, -0.1) is 0 Å². The fraction of sp³-hybridized carbons (Fsp3) is 0. The molecule has 236 valence electrons. The van der Waals surface area contributed by atoms with Crippen LogP contribution in [0.2, 0.25) is 0 Å². The molecule has 1 nitrogen and oxygen atoms in total. The summed E-state index contributed by atoms with van der Waals surface area (Å²) in [5.74, 6) is 0. The maximum absolute atomic E-state index is 9.89. The van der Waals surface area contributed by atoms with Crippen molar-refractivity contribution in [3.05, 3.63) is 181 Å². The summed E-state index contributed by atoms with van der Waals surface area (Å²) in [7, 11) is 0. The lowest BCUT2D eigenvalue weighted by molar-refractivity contribution is 0.669. The molecule has 11 aromatic rings. The molecule has 0 aliphatic carbocycles. The van der Waals surface area contributed by atoms with Gasteiger partial charge in [0.05, 0.1) is 41.1 Å². The first-order valence-corrected chi connectivity index (χ1v) is 15.2. The van der Waals surface area contributed by atoms with E-state index in [4.69, 9.17) is 27.7 Å². The van der Waals surface area contributed by atoms with Crippen LogP contribution in [0.3, 0.4) is 0 Å². The lowest BCUT2D eigenvalue weighted by Gasteiger charge is -2.18. The van der Waals surface area contributed by atoms with Crippen molar-refractivity contribution in [3.63, 3.8) is 0 Å². The molecule has 0 aliphatic heterocycles. The van der Waals surface area contributed by atoms with Gasteiger partial charge in [-0.2, -0.15) is 0 Å². The highest BCUT2D eigenvalue weighted by molar-refractivity contribution is 6.24. The van der Waals surface area contributed by atoms with Crippen LogP contribution in [0.15, 0.2) is 186 Å². The first-order chi connectivity index (χ1) is 37.8. The molecule has 0 bridgehead atoms. The second kappa shape index (κ2) is 10.9. The van der Waals surface area contributed by atoms with Crippen LogP contribution in [0, 0.1) is 0 Å². The zero-order valence-corrected chi connectivity index (χ0v) is 25.4. The van der Waals surface area contributed by atoms with Gasteiger partial charge in [0.15, 0.2) is 0 Å². The molecule has 1 aromatic heterocycles. The first-order valence-electron chi connectivity index (χ1n) is 30.2. The summed E-state index contributed by atoms with van der Waals surface area (Å²) in [5, 5.41) is -7.66. The van der Waals surface area contributed by atoms with Crippen LogP contribution in [-0.4, -0.2) is 0 Å². The molecule has 0 aliphatic rings. The maximum Gasteiger partial charge on any atom is 0.136 e. The van der Waals surface area contributed by atoms with Gasteiger partial charge < -0.3 is 4.42 Å². The SMILES string of the molecule is [2H]c1c([2H])c(-c2c([2H])c([2H])c3c([2H])c(-c4c5c([2H])c([2H])c([2H])c([2H])c5c(-c5c([2H])c([2H])c6c([2H])c([2H])c([2H])c([2H])c6c5[2H])c5c([2H])c([2H])c([2H])c([2H])c45)c([2H])c([2H])c3c2[2H])c2c(oc3c([2H])c([2H])c4c([2H])c([2H])c([2H])c([2H])c4c32)c1[2H]. The average Bonchev–Trinajstić information content (AvgIpc) is 4.08. The Morgan fingerprint density at radius 3 is 1.41 bits per heavy atom. The number of hydrogen-bond acceptors (Lipinski definition) is 1. The van der Waals surface area contributed by atoms with Gasteiger partial charge in [0, 0.05) is 10.8 Å². The highest BCUT2D eigenvalue weighted by Gasteiger charge is 2.18. The third kappa shape index (κ3) is 4.28. The summed E-state index contributed by atoms with van der Waals surface area (Å²) in [6, 6.07) is -27.8. The van der Waals surface area contributed by atoms with E-state index in [1.165, 1.54) is 0 Å². The molecule has 1 heteroatoms. The highest BCUT2D eigenvalue weighted by atomic mass is 16.3. The summed E-state index contributed by atoms with van der Waals surface area (Å²) in [6.07, 6.45) is 0. The fourth-order valence-electron chi connectivity index (χ4n) is 6.35. The Bertz CT molecular complexity index is 4850. The Hall–Kier alpha value is -6.70. The Labute approximate surface area is 336 Å². The fourth-order valence-corrected chi connectivity index (χ4v) is 6.35. The third-order valence-corrected chi connectivity index (χ3v) is 8.51. The molecule has 0 saturated carbocycles. The molecular weight excluding hydrogens is 617 g/mol. The van der Waals surface area contributed by atoms with Crippen molar-refractivity contribution in [1.82, 2.24) is 0 Å². The zero-order chi connectivity index (χ0) is 59.6. The van der Waals surface area contributed by atoms with E-state index in [1.807, 2.05) is 0 Å². The summed E-state index contributed by atoms with van der Waals surface area (Å²) in [4.78, 5) is 0. The molecule has 1 heterocycles. The minimum atomic E-state index is -1.10. The number of hydrogen-bond donors (Lipinski definition) is 0. The maximum atomic E-state index is 9.89. The van der Waals surface area contributed by atoms with E-state index in [2.05, 4.69) is 0 Å². The Morgan fingerprint density at radius 1 is 0.314 bits per heavy atom. The van der Waals surface area contributed by atoms with E-state index in [0.717, 1.165) is 0 Å². The normalized spacial score (nSPS) is 20.2. The Morgan fingerprint density at radius 2 is 0.765 bits per heavy atom. The van der Waals surface area contributed by atoms with Crippen molar-refractivity contribution < 1.29 is 45.5 Å². The van der Waals surface area contributed by atoms with Gasteiger partial charge in [-0.3, -0.25) is 0 Å². The van der Waals surface area contributed by atoms with E-state index in [0.29, 0.717) is 0 Å². The lowest BCUT2D eigenvalue weighted by atomic mass is 9.85. The Kier molecular flexibility index (Phi) is 2.50. The second-order valence-corrected chi connectivity index (χ2v) is 11.3. The number of furan rings is 1. The van der Waals surface area contributed by atoms with Crippen LogP contribution in [0.5, 0.6) is 0 Å². The summed E-state index contributed by atoms with van der Waals surface area (Å²) >= 11 is 0. The largest absolute Gasteiger partial charge is 0.456 e. The second-order valence-electron chi connectivity index (χ2n) is 11.3. The van der Waals surface area contributed by atoms with E-state index >= 15 is 0 Å². The molecule has 0 amide bonds. The quantitative estimate of drug-likeness (QED) is 0.170. The van der Waals surface area contributed by atoms with E-state index < -0.39 is 290 Å². The molecule has 0 fully saturated rings. The van der Waals surface area contributed by atoms with Gasteiger partial charge >= 0.3 is 0 Å². The van der Waals surface area contributed by atoms with Crippen LogP contribution in [-0.2, 0) is 0 Å². The standard InChI is InChI=1S/C50H30O/c1-2-12-33-29-37(24-20-31(33)10-1)47-41-14-5-7-16-43(41)48(44-17-8-6-15-42(44)47)38-25-22-34-28-36(23-21-35(34)30-38)40-18-9-19-45-50(40)49-39-13-4-3-11-32(39)26-27-46(49)51-45/h1-30H/i1D,2D,3D,4D,5D,6D,7D,8D,9D,10D,11D,12D,13D,14D,15D,16D,17D,18D,19D,20D,21D,22D,23D,24D,25D,26D,27D,28D,29D,30D. The van der Waals surface area contributed by atoms with Crippen LogP contribution in [0.4, 0.5) is 0 Å². The molecular formula is C50H30O. The predicted octanol–water partition coefficient (Wildman–Crippen LogP) is 14.4. The molecule has 11 rings (SSSR count). The van der Waals surface area contributed by atoms with Crippen LogP contribution in [0.1, 0.15) is 41.1 Å². The van der Waals surface area contributed by atoms with Crippen molar-refractivity contribution in [2.75, 3.05) is 0 Å². The molecule has 51 heavy (non-hydrogen) atoms.